The molecule has 1 aliphatic heterocycles. The van der Waals surface area contributed by atoms with Gasteiger partial charge >= 0.3 is 0 Å². The minimum atomic E-state index is -0.577. The summed E-state index contributed by atoms with van der Waals surface area (Å²) in [7, 11) is 0. The van der Waals surface area contributed by atoms with Crippen LogP contribution in [0.15, 0.2) is 18.3 Å². The van der Waals surface area contributed by atoms with E-state index in [4.69, 9.17) is 4.74 Å². The highest BCUT2D eigenvalue weighted by Gasteiger charge is 2.24. The fourth-order valence-electron chi connectivity index (χ4n) is 1.70. The van der Waals surface area contributed by atoms with Crippen molar-refractivity contribution in [3.8, 4) is 0 Å². The zero-order valence-corrected chi connectivity index (χ0v) is 9.02. The first-order valence-corrected chi connectivity index (χ1v) is 5.19. The van der Waals surface area contributed by atoms with E-state index in [0.717, 1.165) is 0 Å². The van der Waals surface area contributed by atoms with Crippen molar-refractivity contribution in [3.05, 3.63) is 29.8 Å². The molecule has 2 rings (SSSR count). The van der Waals surface area contributed by atoms with Gasteiger partial charge in [0.1, 0.15) is 0 Å². The second-order valence-electron chi connectivity index (χ2n) is 3.79. The van der Waals surface area contributed by atoms with Crippen LogP contribution in [0.25, 0.3) is 0 Å². The first-order valence-electron chi connectivity index (χ1n) is 5.19. The molecular formula is C11H13FN2O2. The Kier molecular flexibility index (Phi) is 3.14. The molecule has 1 aliphatic rings. The Labute approximate surface area is 93.0 Å². The molecular weight excluding hydrogens is 211 g/mol. The van der Waals surface area contributed by atoms with Gasteiger partial charge in [0.2, 0.25) is 5.95 Å². The van der Waals surface area contributed by atoms with Crippen LogP contribution in [0.4, 0.5) is 4.39 Å². The van der Waals surface area contributed by atoms with Gasteiger partial charge in [-0.05, 0) is 19.1 Å². The Morgan fingerprint density at radius 2 is 2.44 bits per heavy atom. The third-order valence-corrected chi connectivity index (χ3v) is 2.60. The van der Waals surface area contributed by atoms with E-state index in [1.54, 1.807) is 4.90 Å². The van der Waals surface area contributed by atoms with Crippen LogP contribution < -0.4 is 0 Å². The molecule has 4 nitrogen and oxygen atoms in total. The highest BCUT2D eigenvalue weighted by molar-refractivity contribution is 5.94. The Bertz CT molecular complexity index is 380. The SMILES string of the molecule is C[C@@H]1COCCN1C(=O)c1ccc(F)nc1. The summed E-state index contributed by atoms with van der Waals surface area (Å²) in [6.07, 6.45) is 1.26. The Balaban J connectivity index is 2.14. The molecule has 5 heteroatoms. The number of carbonyl (C=O) groups excluding carboxylic acids is 1. The monoisotopic (exact) mass is 224 g/mol. The van der Waals surface area contributed by atoms with Crippen molar-refractivity contribution in [1.29, 1.82) is 0 Å². The number of rotatable bonds is 1. The predicted molar refractivity (Wildman–Crippen MR) is 55.5 cm³/mol. The molecule has 1 amide bonds. The molecule has 0 radical (unpaired) electrons. The van der Waals surface area contributed by atoms with Crippen molar-refractivity contribution in [1.82, 2.24) is 9.88 Å². The second-order valence-corrected chi connectivity index (χ2v) is 3.79. The first kappa shape index (κ1) is 11.0. The van der Waals surface area contributed by atoms with Crippen LogP contribution in [0.2, 0.25) is 0 Å². The molecule has 0 saturated carbocycles. The van der Waals surface area contributed by atoms with E-state index >= 15 is 0 Å². The summed E-state index contributed by atoms with van der Waals surface area (Å²) in [5.74, 6) is -0.699. The minimum Gasteiger partial charge on any atom is -0.377 e. The van der Waals surface area contributed by atoms with Gasteiger partial charge in [-0.15, -0.1) is 0 Å². The highest BCUT2D eigenvalue weighted by atomic mass is 19.1. The van der Waals surface area contributed by atoms with E-state index in [2.05, 4.69) is 4.98 Å². The summed E-state index contributed by atoms with van der Waals surface area (Å²) in [6, 6.07) is 2.69. The third-order valence-electron chi connectivity index (χ3n) is 2.60. The number of aromatic nitrogens is 1. The minimum absolute atomic E-state index is 0.0475. The molecule has 0 N–H and O–H groups in total. The normalized spacial score (nSPS) is 20.9. The van der Waals surface area contributed by atoms with Crippen molar-refractivity contribution >= 4 is 5.91 Å². The van der Waals surface area contributed by atoms with Gasteiger partial charge in [0.25, 0.3) is 5.91 Å². The summed E-state index contributed by atoms with van der Waals surface area (Å²) in [5, 5.41) is 0. The Morgan fingerprint density at radius 3 is 3.06 bits per heavy atom. The second kappa shape index (κ2) is 4.57. The lowest BCUT2D eigenvalue weighted by molar-refractivity contribution is 0.00356. The van der Waals surface area contributed by atoms with E-state index in [9.17, 15) is 9.18 Å². The summed E-state index contributed by atoms with van der Waals surface area (Å²) in [6.45, 7) is 3.58. The molecule has 2 heterocycles. The largest absolute Gasteiger partial charge is 0.377 e. The van der Waals surface area contributed by atoms with E-state index in [0.29, 0.717) is 25.3 Å². The zero-order chi connectivity index (χ0) is 11.5. The van der Waals surface area contributed by atoms with Crippen LogP contribution in [-0.2, 0) is 4.74 Å². The molecule has 0 spiro atoms. The third kappa shape index (κ3) is 2.19. The van der Waals surface area contributed by atoms with E-state index in [1.165, 1.54) is 18.3 Å². The van der Waals surface area contributed by atoms with Gasteiger partial charge in [-0.2, -0.15) is 4.39 Å². The summed E-state index contributed by atoms with van der Waals surface area (Å²) in [5.41, 5.74) is 0.412. The van der Waals surface area contributed by atoms with Crippen LogP contribution in [0.1, 0.15) is 17.3 Å². The molecule has 1 aromatic rings. The molecule has 86 valence electrons. The maximum absolute atomic E-state index is 12.6. The highest BCUT2D eigenvalue weighted by Crippen LogP contribution is 2.11. The summed E-state index contributed by atoms with van der Waals surface area (Å²) >= 11 is 0. The predicted octanol–water partition coefficient (Wildman–Crippen LogP) is 1.08. The van der Waals surface area contributed by atoms with Gasteiger partial charge in [-0.1, -0.05) is 0 Å². The van der Waals surface area contributed by atoms with Crippen LogP contribution in [0, 0.1) is 5.95 Å². The molecule has 0 aliphatic carbocycles. The zero-order valence-electron chi connectivity index (χ0n) is 9.02. The maximum Gasteiger partial charge on any atom is 0.255 e. The van der Waals surface area contributed by atoms with Gasteiger partial charge in [-0.3, -0.25) is 4.79 Å². The number of pyridine rings is 1. The molecule has 16 heavy (non-hydrogen) atoms. The molecule has 0 unspecified atom stereocenters. The number of nitrogens with zero attached hydrogens (tertiary/aromatic N) is 2. The number of morpholine rings is 1. The summed E-state index contributed by atoms with van der Waals surface area (Å²) < 4.78 is 17.9. The van der Waals surface area contributed by atoms with Crippen molar-refractivity contribution in [2.75, 3.05) is 19.8 Å². The maximum atomic E-state index is 12.6. The molecule has 1 atom stereocenters. The number of halogens is 1. The van der Waals surface area contributed by atoms with Gasteiger partial charge in [0.05, 0.1) is 24.8 Å². The fourth-order valence-corrected chi connectivity index (χ4v) is 1.70. The lowest BCUT2D eigenvalue weighted by Crippen LogP contribution is -2.47. The van der Waals surface area contributed by atoms with Crippen LogP contribution in [0.3, 0.4) is 0 Å². The Hall–Kier alpha value is -1.49. The van der Waals surface area contributed by atoms with Gasteiger partial charge < -0.3 is 9.64 Å². The van der Waals surface area contributed by atoms with Crippen LogP contribution >= 0.6 is 0 Å². The Morgan fingerprint density at radius 1 is 1.62 bits per heavy atom. The van der Waals surface area contributed by atoms with Gasteiger partial charge in [0.15, 0.2) is 0 Å². The smallest absolute Gasteiger partial charge is 0.255 e. The van der Waals surface area contributed by atoms with Crippen LogP contribution in [-0.4, -0.2) is 41.6 Å². The number of hydrogen-bond acceptors (Lipinski definition) is 3. The van der Waals surface area contributed by atoms with E-state index < -0.39 is 5.95 Å². The van der Waals surface area contributed by atoms with E-state index in [-0.39, 0.29) is 11.9 Å². The van der Waals surface area contributed by atoms with Crippen molar-refractivity contribution in [2.45, 2.75) is 13.0 Å². The fraction of sp³-hybridized carbons (Fsp3) is 0.455. The first-order chi connectivity index (χ1) is 7.68. The number of ether oxygens (including phenoxy) is 1. The van der Waals surface area contributed by atoms with Crippen molar-refractivity contribution < 1.29 is 13.9 Å². The number of hydrogen-bond donors (Lipinski definition) is 0. The average molecular weight is 224 g/mol. The average Bonchev–Trinajstić information content (AvgIpc) is 2.30. The van der Waals surface area contributed by atoms with Gasteiger partial charge in [0, 0.05) is 12.7 Å². The van der Waals surface area contributed by atoms with E-state index in [1.807, 2.05) is 6.92 Å². The van der Waals surface area contributed by atoms with Crippen LogP contribution in [0.5, 0.6) is 0 Å². The lowest BCUT2D eigenvalue weighted by atomic mass is 10.2. The quantitative estimate of drug-likeness (QED) is 0.670. The molecule has 0 bridgehead atoms. The molecule has 1 fully saturated rings. The van der Waals surface area contributed by atoms with Crippen molar-refractivity contribution in [2.24, 2.45) is 0 Å². The van der Waals surface area contributed by atoms with Gasteiger partial charge in [-0.25, -0.2) is 4.98 Å². The number of carbonyl (C=O) groups is 1. The topological polar surface area (TPSA) is 42.4 Å². The number of amides is 1. The summed E-state index contributed by atoms with van der Waals surface area (Å²) in [4.78, 5) is 17.2. The standard InChI is InChI=1S/C11H13FN2O2/c1-8-7-16-5-4-14(8)11(15)9-2-3-10(12)13-6-9/h2-3,6,8H,4-5,7H2,1H3/t8-/m1/s1. The molecule has 1 aromatic heterocycles. The molecule has 0 aromatic carbocycles. The van der Waals surface area contributed by atoms with Crippen molar-refractivity contribution in [3.63, 3.8) is 0 Å². The lowest BCUT2D eigenvalue weighted by Gasteiger charge is -2.33. The molecule has 1 saturated heterocycles.